The van der Waals surface area contributed by atoms with Crippen molar-refractivity contribution in [2.24, 2.45) is 0 Å². The number of hydrogen-bond acceptors (Lipinski definition) is 4. The van der Waals surface area contributed by atoms with E-state index < -0.39 is 6.09 Å². The van der Waals surface area contributed by atoms with Crippen LogP contribution in [0.1, 0.15) is 36.7 Å². The Morgan fingerprint density at radius 3 is 2.46 bits per heavy atom. The number of thioether (sulfide) groups is 1. The number of benzene rings is 2. The molecule has 3 aromatic rings. The second kappa shape index (κ2) is 9.71. The lowest BCUT2D eigenvalue weighted by Crippen LogP contribution is -2.13. The first kappa shape index (κ1) is 20.4. The molecule has 6 heteroatoms. The van der Waals surface area contributed by atoms with E-state index in [-0.39, 0.29) is 6.61 Å². The van der Waals surface area contributed by atoms with Crippen LogP contribution in [0.4, 0.5) is 10.7 Å². The summed E-state index contributed by atoms with van der Waals surface area (Å²) in [6, 6.07) is 19.2. The zero-order chi connectivity index (χ0) is 19.9. The minimum atomic E-state index is -0.542. The molecule has 0 radical (unpaired) electrons. The molecule has 0 aliphatic rings. The van der Waals surface area contributed by atoms with Gasteiger partial charge in [0.2, 0.25) is 5.88 Å². The largest absolute Gasteiger partial charge is 0.444 e. The highest BCUT2D eigenvalue weighted by atomic mass is 35.5. The minimum absolute atomic E-state index is 0.212. The molecular weight excluding hydrogens is 394 g/mol. The smallest absolute Gasteiger partial charge is 0.414 e. The summed E-state index contributed by atoms with van der Waals surface area (Å²) in [5, 5.41) is 3.32. The average molecular weight is 416 g/mol. The Labute approximate surface area is 174 Å². The van der Waals surface area contributed by atoms with Gasteiger partial charge >= 0.3 is 6.09 Å². The second-order valence-electron chi connectivity index (χ2n) is 6.61. The number of ether oxygens (including phenoxy) is 1. The molecule has 0 atom stereocenters. The standard InChI is InChI=1S/C22H22ClNO3S/c1-15(2)17-5-3-16(4-6-17)13-26-22(25)24-21-12-9-19(27-21)14-28-20-10-7-18(23)8-11-20/h3-12,15H,13-14H2,1-2H3,(H,24,25). The molecule has 0 aliphatic carbocycles. The molecule has 0 spiro atoms. The van der Waals surface area contributed by atoms with E-state index in [9.17, 15) is 4.79 Å². The van der Waals surface area contributed by atoms with E-state index >= 15 is 0 Å². The summed E-state index contributed by atoms with van der Waals surface area (Å²) >= 11 is 7.51. The van der Waals surface area contributed by atoms with E-state index in [0.29, 0.717) is 22.6 Å². The van der Waals surface area contributed by atoms with Crippen molar-refractivity contribution in [2.75, 3.05) is 5.32 Å². The van der Waals surface area contributed by atoms with Crippen LogP contribution >= 0.6 is 23.4 Å². The molecule has 3 rings (SSSR count). The summed E-state index contributed by atoms with van der Waals surface area (Å²) in [6.07, 6.45) is -0.542. The van der Waals surface area contributed by atoms with Crippen LogP contribution in [0, 0.1) is 0 Å². The van der Waals surface area contributed by atoms with Crippen molar-refractivity contribution in [2.45, 2.75) is 37.0 Å². The maximum absolute atomic E-state index is 12.0. The van der Waals surface area contributed by atoms with Gasteiger partial charge in [-0.05, 0) is 47.4 Å². The van der Waals surface area contributed by atoms with Gasteiger partial charge in [-0.2, -0.15) is 0 Å². The number of carbonyl (C=O) groups excluding carboxylic acids is 1. The molecule has 4 nitrogen and oxygen atoms in total. The molecule has 0 saturated carbocycles. The molecule has 1 aromatic heterocycles. The van der Waals surface area contributed by atoms with Gasteiger partial charge in [0.15, 0.2) is 0 Å². The lowest BCUT2D eigenvalue weighted by molar-refractivity contribution is 0.154. The molecule has 28 heavy (non-hydrogen) atoms. The summed E-state index contributed by atoms with van der Waals surface area (Å²) in [4.78, 5) is 13.1. The first-order chi connectivity index (χ1) is 13.5. The maximum Gasteiger partial charge on any atom is 0.414 e. The zero-order valence-electron chi connectivity index (χ0n) is 15.8. The lowest BCUT2D eigenvalue weighted by Gasteiger charge is -2.08. The summed E-state index contributed by atoms with van der Waals surface area (Å²) in [5.74, 6) is 2.26. The van der Waals surface area contributed by atoms with Gasteiger partial charge in [0.1, 0.15) is 12.4 Å². The molecule has 0 aliphatic heterocycles. The van der Waals surface area contributed by atoms with E-state index in [1.165, 1.54) is 5.56 Å². The fourth-order valence-electron chi connectivity index (χ4n) is 2.49. The number of rotatable bonds is 7. The molecule has 1 N–H and O–H groups in total. The van der Waals surface area contributed by atoms with Crippen LogP contribution in [-0.2, 0) is 17.1 Å². The summed E-state index contributed by atoms with van der Waals surface area (Å²) < 4.78 is 10.9. The topological polar surface area (TPSA) is 51.5 Å². The summed E-state index contributed by atoms with van der Waals surface area (Å²) in [7, 11) is 0. The SMILES string of the molecule is CC(C)c1ccc(COC(=O)Nc2ccc(CSc3ccc(Cl)cc3)o2)cc1. The van der Waals surface area contributed by atoms with Gasteiger partial charge in [-0.3, -0.25) is 5.32 Å². The van der Waals surface area contributed by atoms with Crippen molar-refractivity contribution < 1.29 is 13.9 Å². The third-order valence-corrected chi connectivity index (χ3v) is 5.38. The highest BCUT2D eigenvalue weighted by Crippen LogP contribution is 2.26. The predicted molar refractivity (Wildman–Crippen MR) is 114 cm³/mol. The highest BCUT2D eigenvalue weighted by molar-refractivity contribution is 7.98. The number of carbonyl (C=O) groups is 1. The second-order valence-corrected chi connectivity index (χ2v) is 8.09. The van der Waals surface area contributed by atoms with Crippen LogP contribution in [0.2, 0.25) is 5.02 Å². The molecule has 0 fully saturated rings. The summed E-state index contributed by atoms with van der Waals surface area (Å²) in [5.41, 5.74) is 2.20. The number of nitrogens with one attached hydrogen (secondary N) is 1. The van der Waals surface area contributed by atoms with Crippen LogP contribution in [-0.4, -0.2) is 6.09 Å². The Bertz CT molecular complexity index is 904. The quantitative estimate of drug-likeness (QED) is 0.418. The Morgan fingerprint density at radius 2 is 1.79 bits per heavy atom. The van der Waals surface area contributed by atoms with Crippen molar-refractivity contribution in [3.05, 3.63) is 82.6 Å². The first-order valence-electron chi connectivity index (χ1n) is 8.99. The van der Waals surface area contributed by atoms with Crippen molar-refractivity contribution >= 4 is 35.3 Å². The van der Waals surface area contributed by atoms with E-state index in [0.717, 1.165) is 16.2 Å². The molecule has 0 bridgehead atoms. The van der Waals surface area contributed by atoms with Crippen molar-refractivity contribution in [1.29, 1.82) is 0 Å². The third-order valence-electron chi connectivity index (χ3n) is 4.10. The van der Waals surface area contributed by atoms with Gasteiger partial charge in [0, 0.05) is 16.0 Å². The van der Waals surface area contributed by atoms with E-state index in [2.05, 4.69) is 31.3 Å². The molecule has 1 amide bonds. The van der Waals surface area contributed by atoms with E-state index in [1.807, 2.05) is 42.5 Å². The lowest BCUT2D eigenvalue weighted by atomic mass is 10.0. The monoisotopic (exact) mass is 415 g/mol. The van der Waals surface area contributed by atoms with Gasteiger partial charge < -0.3 is 9.15 Å². The van der Waals surface area contributed by atoms with Crippen LogP contribution in [0.15, 0.2) is 70.0 Å². The molecule has 0 saturated heterocycles. The molecule has 2 aromatic carbocycles. The van der Waals surface area contributed by atoms with Crippen LogP contribution in [0.3, 0.4) is 0 Å². The maximum atomic E-state index is 12.0. The van der Waals surface area contributed by atoms with Crippen LogP contribution in [0.5, 0.6) is 0 Å². The number of halogens is 1. The van der Waals surface area contributed by atoms with Crippen molar-refractivity contribution in [3.63, 3.8) is 0 Å². The number of anilines is 1. The molecule has 146 valence electrons. The van der Waals surface area contributed by atoms with Gasteiger partial charge in [-0.1, -0.05) is 49.7 Å². The van der Waals surface area contributed by atoms with Gasteiger partial charge in [-0.15, -0.1) is 11.8 Å². The first-order valence-corrected chi connectivity index (χ1v) is 10.4. The van der Waals surface area contributed by atoms with Gasteiger partial charge in [0.05, 0.1) is 5.75 Å². The summed E-state index contributed by atoms with van der Waals surface area (Å²) in [6.45, 7) is 4.50. The van der Waals surface area contributed by atoms with E-state index in [4.69, 9.17) is 20.8 Å². The highest BCUT2D eigenvalue weighted by Gasteiger charge is 2.09. The van der Waals surface area contributed by atoms with Crippen LogP contribution in [0.25, 0.3) is 0 Å². The van der Waals surface area contributed by atoms with Crippen molar-refractivity contribution in [3.8, 4) is 0 Å². The van der Waals surface area contributed by atoms with Gasteiger partial charge in [0.25, 0.3) is 0 Å². The number of furan rings is 1. The fourth-order valence-corrected chi connectivity index (χ4v) is 3.41. The van der Waals surface area contributed by atoms with Crippen molar-refractivity contribution in [1.82, 2.24) is 0 Å². The number of hydrogen-bond donors (Lipinski definition) is 1. The fraction of sp³-hybridized carbons (Fsp3) is 0.227. The average Bonchev–Trinajstić information content (AvgIpc) is 3.13. The Hall–Kier alpha value is -2.37. The molecule has 0 unspecified atom stereocenters. The normalized spacial score (nSPS) is 10.9. The Morgan fingerprint density at radius 1 is 1.07 bits per heavy atom. The van der Waals surface area contributed by atoms with Crippen LogP contribution < -0.4 is 5.32 Å². The van der Waals surface area contributed by atoms with Gasteiger partial charge in [-0.25, -0.2) is 4.79 Å². The predicted octanol–water partition coefficient (Wildman–Crippen LogP) is 7.10. The molecular formula is C22H22ClNO3S. The third kappa shape index (κ3) is 6.08. The minimum Gasteiger partial charge on any atom is -0.444 e. The Kier molecular flexibility index (Phi) is 7.06. The van der Waals surface area contributed by atoms with E-state index in [1.54, 1.807) is 17.8 Å². The number of amides is 1. The zero-order valence-corrected chi connectivity index (χ0v) is 17.3. The molecule has 1 heterocycles. The Balaban J connectivity index is 1.44.